The summed E-state index contributed by atoms with van der Waals surface area (Å²) in [6.45, 7) is 3.83. The fourth-order valence-corrected chi connectivity index (χ4v) is 2.36. The van der Waals surface area contributed by atoms with Gasteiger partial charge in [-0.2, -0.15) is 0 Å². The molecule has 1 aromatic heterocycles. The van der Waals surface area contributed by atoms with Gasteiger partial charge >= 0.3 is 5.97 Å². The lowest BCUT2D eigenvalue weighted by Crippen LogP contribution is -2.22. The van der Waals surface area contributed by atoms with Crippen LogP contribution in [-0.2, 0) is 4.79 Å². The Kier molecular flexibility index (Phi) is 4.89. The molecule has 0 radical (unpaired) electrons. The molecule has 0 bridgehead atoms. The minimum Gasteiger partial charge on any atom is -0.481 e. The van der Waals surface area contributed by atoms with Crippen LogP contribution in [0, 0.1) is 12.8 Å². The van der Waals surface area contributed by atoms with Gasteiger partial charge in [-0.1, -0.05) is 19.8 Å². The number of aromatic nitrogens is 1. The zero-order valence-electron chi connectivity index (χ0n) is 9.51. The van der Waals surface area contributed by atoms with E-state index in [2.05, 4.69) is 4.98 Å². The van der Waals surface area contributed by atoms with Crippen molar-refractivity contribution in [2.45, 2.75) is 39.2 Å². The van der Waals surface area contributed by atoms with Crippen LogP contribution in [0.3, 0.4) is 0 Å². The van der Waals surface area contributed by atoms with Gasteiger partial charge in [0.05, 0.1) is 5.92 Å². The van der Waals surface area contributed by atoms with Crippen molar-refractivity contribution in [1.82, 2.24) is 4.98 Å². The van der Waals surface area contributed by atoms with Gasteiger partial charge in [0.2, 0.25) is 0 Å². The van der Waals surface area contributed by atoms with Crippen molar-refractivity contribution < 1.29 is 15.0 Å². The molecule has 4 nitrogen and oxygen atoms in total. The number of hydrogen-bond donors (Lipinski definition) is 2. The largest absolute Gasteiger partial charge is 0.481 e. The lowest BCUT2D eigenvalue weighted by molar-refractivity contribution is -0.146. The van der Waals surface area contributed by atoms with Gasteiger partial charge in [-0.3, -0.25) is 4.79 Å². The smallest absolute Gasteiger partial charge is 0.309 e. The number of thiazole rings is 1. The molecule has 0 aromatic carbocycles. The van der Waals surface area contributed by atoms with Crippen LogP contribution in [0.2, 0.25) is 0 Å². The molecule has 0 saturated heterocycles. The highest BCUT2D eigenvalue weighted by Gasteiger charge is 2.29. The highest BCUT2D eigenvalue weighted by Crippen LogP contribution is 2.28. The molecule has 0 aliphatic rings. The Labute approximate surface area is 99.0 Å². The van der Waals surface area contributed by atoms with Gasteiger partial charge in [0.25, 0.3) is 0 Å². The standard InChI is InChI=1S/C11H17NO3S/c1-3-4-5-8(11(14)15)9(13)10-12-7(2)6-16-10/h6,8-9,13H,3-5H2,1-2H3,(H,14,15). The van der Waals surface area contributed by atoms with Gasteiger partial charge < -0.3 is 10.2 Å². The summed E-state index contributed by atoms with van der Waals surface area (Å²) in [4.78, 5) is 15.2. The van der Waals surface area contributed by atoms with Crippen LogP contribution in [0.15, 0.2) is 5.38 Å². The summed E-state index contributed by atoms with van der Waals surface area (Å²) in [5.74, 6) is -1.70. The van der Waals surface area contributed by atoms with Crippen molar-refractivity contribution in [3.8, 4) is 0 Å². The molecule has 2 atom stereocenters. The van der Waals surface area contributed by atoms with E-state index in [1.165, 1.54) is 11.3 Å². The SMILES string of the molecule is CCCCC(C(=O)O)C(O)c1nc(C)cs1. The Balaban J connectivity index is 2.74. The molecule has 0 fully saturated rings. The van der Waals surface area contributed by atoms with E-state index < -0.39 is 18.0 Å². The first-order valence-electron chi connectivity index (χ1n) is 5.39. The number of rotatable bonds is 6. The van der Waals surface area contributed by atoms with Crippen LogP contribution in [0.25, 0.3) is 0 Å². The monoisotopic (exact) mass is 243 g/mol. The van der Waals surface area contributed by atoms with Crippen LogP contribution in [0.5, 0.6) is 0 Å². The van der Waals surface area contributed by atoms with Crippen LogP contribution in [0.1, 0.15) is 43.0 Å². The first-order chi connectivity index (χ1) is 7.56. The third-order valence-electron chi connectivity index (χ3n) is 2.46. The molecule has 16 heavy (non-hydrogen) atoms. The highest BCUT2D eigenvalue weighted by atomic mass is 32.1. The zero-order chi connectivity index (χ0) is 12.1. The number of aryl methyl sites for hydroxylation is 1. The fraction of sp³-hybridized carbons (Fsp3) is 0.636. The molecule has 0 spiro atoms. The molecule has 0 saturated carbocycles. The fourth-order valence-electron chi connectivity index (χ4n) is 1.52. The molecule has 2 unspecified atom stereocenters. The van der Waals surface area contributed by atoms with Crippen molar-refractivity contribution in [3.63, 3.8) is 0 Å². The van der Waals surface area contributed by atoms with E-state index in [0.717, 1.165) is 18.5 Å². The lowest BCUT2D eigenvalue weighted by atomic mass is 9.96. The van der Waals surface area contributed by atoms with Crippen molar-refractivity contribution >= 4 is 17.3 Å². The number of aliphatic hydroxyl groups excluding tert-OH is 1. The zero-order valence-corrected chi connectivity index (χ0v) is 10.3. The van der Waals surface area contributed by atoms with Gasteiger partial charge in [0.1, 0.15) is 11.1 Å². The molecular weight excluding hydrogens is 226 g/mol. The first-order valence-corrected chi connectivity index (χ1v) is 6.27. The van der Waals surface area contributed by atoms with E-state index in [0.29, 0.717) is 11.4 Å². The minimum absolute atomic E-state index is 0.492. The van der Waals surface area contributed by atoms with Gasteiger partial charge in [-0.15, -0.1) is 11.3 Å². The number of aliphatic hydroxyl groups is 1. The molecule has 5 heteroatoms. The van der Waals surface area contributed by atoms with E-state index in [9.17, 15) is 9.90 Å². The van der Waals surface area contributed by atoms with E-state index in [1.807, 2.05) is 19.2 Å². The van der Waals surface area contributed by atoms with E-state index in [1.54, 1.807) is 0 Å². The van der Waals surface area contributed by atoms with Gasteiger partial charge in [0.15, 0.2) is 0 Å². The summed E-state index contributed by atoms with van der Waals surface area (Å²) in [6.07, 6.45) is 1.24. The molecular formula is C11H17NO3S. The van der Waals surface area contributed by atoms with Crippen LogP contribution in [-0.4, -0.2) is 21.2 Å². The maximum Gasteiger partial charge on any atom is 0.309 e. The topological polar surface area (TPSA) is 70.4 Å². The Hall–Kier alpha value is -0.940. The molecule has 0 amide bonds. The molecule has 1 aromatic rings. The Morgan fingerprint density at radius 2 is 2.31 bits per heavy atom. The number of carboxylic acids is 1. The lowest BCUT2D eigenvalue weighted by Gasteiger charge is -2.16. The van der Waals surface area contributed by atoms with Gasteiger partial charge in [-0.25, -0.2) is 4.98 Å². The highest BCUT2D eigenvalue weighted by molar-refractivity contribution is 7.09. The predicted octanol–water partition coefficient (Wildman–Crippen LogP) is 2.38. The molecule has 2 N–H and O–H groups in total. The van der Waals surface area contributed by atoms with E-state index >= 15 is 0 Å². The van der Waals surface area contributed by atoms with Crippen molar-refractivity contribution in [1.29, 1.82) is 0 Å². The molecule has 90 valence electrons. The van der Waals surface area contributed by atoms with Crippen LogP contribution < -0.4 is 0 Å². The summed E-state index contributed by atoms with van der Waals surface area (Å²) in [5.41, 5.74) is 0.818. The second-order valence-electron chi connectivity index (χ2n) is 3.86. The number of aliphatic carboxylic acids is 1. The summed E-state index contributed by atoms with van der Waals surface area (Å²) >= 11 is 1.31. The Morgan fingerprint density at radius 3 is 2.75 bits per heavy atom. The normalized spacial score (nSPS) is 14.7. The average Bonchev–Trinajstić information content (AvgIpc) is 2.64. The minimum atomic E-state index is -0.984. The Morgan fingerprint density at radius 1 is 1.62 bits per heavy atom. The summed E-state index contributed by atoms with van der Waals surface area (Å²) in [7, 11) is 0. The predicted molar refractivity (Wildman–Crippen MR) is 62.5 cm³/mol. The van der Waals surface area contributed by atoms with Gasteiger partial charge in [0, 0.05) is 11.1 Å². The van der Waals surface area contributed by atoms with Crippen molar-refractivity contribution in [2.75, 3.05) is 0 Å². The van der Waals surface area contributed by atoms with Crippen molar-refractivity contribution in [2.24, 2.45) is 5.92 Å². The van der Waals surface area contributed by atoms with Crippen molar-refractivity contribution in [3.05, 3.63) is 16.1 Å². The third-order valence-corrected chi connectivity index (χ3v) is 3.49. The second-order valence-corrected chi connectivity index (χ2v) is 4.75. The summed E-state index contributed by atoms with van der Waals surface area (Å²) in [5, 5.41) is 21.3. The number of carbonyl (C=O) groups is 1. The molecule has 1 heterocycles. The maximum atomic E-state index is 11.0. The maximum absolute atomic E-state index is 11.0. The average molecular weight is 243 g/mol. The van der Waals surface area contributed by atoms with Crippen LogP contribution in [0.4, 0.5) is 0 Å². The number of hydrogen-bond acceptors (Lipinski definition) is 4. The third kappa shape index (κ3) is 3.28. The summed E-state index contributed by atoms with van der Waals surface area (Å²) in [6, 6.07) is 0. The first kappa shape index (κ1) is 13.1. The molecule has 0 aliphatic heterocycles. The van der Waals surface area contributed by atoms with Gasteiger partial charge in [-0.05, 0) is 13.3 Å². The molecule has 1 rings (SSSR count). The molecule has 0 aliphatic carbocycles. The number of unbranched alkanes of at least 4 members (excludes halogenated alkanes) is 1. The second kappa shape index (κ2) is 5.96. The van der Waals surface area contributed by atoms with E-state index in [4.69, 9.17) is 5.11 Å². The number of nitrogens with zero attached hydrogens (tertiary/aromatic N) is 1. The Bertz CT molecular complexity index is 351. The van der Waals surface area contributed by atoms with E-state index in [-0.39, 0.29) is 0 Å². The van der Waals surface area contributed by atoms with Crippen LogP contribution >= 0.6 is 11.3 Å². The quantitative estimate of drug-likeness (QED) is 0.804. The summed E-state index contributed by atoms with van der Waals surface area (Å²) < 4.78 is 0. The number of carboxylic acid groups (broad SMARTS) is 1.